The molecule has 3 nitrogen and oxygen atoms in total. The Hall–Kier alpha value is -0.830. The van der Waals surface area contributed by atoms with Gasteiger partial charge in [-0.15, -0.1) is 0 Å². The molecule has 0 bridgehead atoms. The van der Waals surface area contributed by atoms with E-state index in [2.05, 4.69) is 56.6 Å². The van der Waals surface area contributed by atoms with Crippen LogP contribution in [0.15, 0.2) is 12.4 Å². The Labute approximate surface area is 99.9 Å². The van der Waals surface area contributed by atoms with Gasteiger partial charge in [0, 0.05) is 6.92 Å². The summed E-state index contributed by atoms with van der Waals surface area (Å²) in [5.41, 5.74) is 0. The van der Waals surface area contributed by atoms with Crippen LogP contribution in [0.3, 0.4) is 0 Å². The summed E-state index contributed by atoms with van der Waals surface area (Å²) < 4.78 is 5.59. The summed E-state index contributed by atoms with van der Waals surface area (Å²) >= 11 is 0. The third-order valence-corrected chi connectivity index (χ3v) is 3.12. The van der Waals surface area contributed by atoms with Crippen molar-refractivity contribution in [2.24, 2.45) is 7.05 Å². The highest BCUT2D eigenvalue weighted by Gasteiger charge is 2.09. The van der Waals surface area contributed by atoms with Gasteiger partial charge in [0.2, 0.25) is 0 Å². The van der Waals surface area contributed by atoms with E-state index in [4.69, 9.17) is 0 Å². The molecule has 1 aromatic heterocycles. The lowest BCUT2D eigenvalue weighted by Gasteiger charge is -2.23. The number of quaternary nitrogens is 1. The first kappa shape index (κ1) is 13.2. The van der Waals surface area contributed by atoms with E-state index in [-0.39, 0.29) is 0 Å². The minimum atomic E-state index is 1.08. The quantitative estimate of drug-likeness (QED) is 0.394. The normalized spacial score (nSPS) is 12.1. The number of rotatable bonds is 6. The molecule has 0 N–H and O–H groups in total. The van der Waals surface area contributed by atoms with E-state index in [0.29, 0.717) is 0 Å². The second-order valence-electron chi connectivity index (χ2n) is 5.72. The van der Waals surface area contributed by atoms with Gasteiger partial charge >= 0.3 is 0 Å². The second kappa shape index (κ2) is 5.48. The fourth-order valence-corrected chi connectivity index (χ4v) is 1.88. The summed E-state index contributed by atoms with van der Waals surface area (Å²) in [6.07, 6.45) is 8.25. The average Bonchev–Trinajstić information content (AvgIpc) is 2.47. The van der Waals surface area contributed by atoms with E-state index in [1.807, 2.05) is 0 Å². The van der Waals surface area contributed by atoms with E-state index >= 15 is 0 Å². The number of hydrogen-bond acceptors (Lipinski definition) is 0. The third-order valence-electron chi connectivity index (χ3n) is 3.12. The minimum absolute atomic E-state index is 1.08. The molecule has 0 saturated heterocycles. The molecule has 0 aliphatic carbocycles. The van der Waals surface area contributed by atoms with Crippen LogP contribution in [-0.2, 0) is 13.6 Å². The number of unbranched alkanes of at least 4 members (excludes halogenated alkanes) is 2. The first-order valence-corrected chi connectivity index (χ1v) is 6.22. The molecule has 3 heteroatoms. The molecule has 92 valence electrons. The van der Waals surface area contributed by atoms with Gasteiger partial charge in [0.05, 0.1) is 41.3 Å². The molecule has 0 radical (unpaired) electrons. The number of imidazole rings is 1. The van der Waals surface area contributed by atoms with Crippen molar-refractivity contribution in [3.63, 3.8) is 0 Å². The van der Waals surface area contributed by atoms with Gasteiger partial charge in [-0.25, -0.2) is 9.13 Å². The molecular weight excluding hydrogens is 198 g/mol. The van der Waals surface area contributed by atoms with Crippen molar-refractivity contribution in [2.75, 3.05) is 27.7 Å². The molecule has 0 aliphatic heterocycles. The Bertz CT molecular complexity index is 320. The van der Waals surface area contributed by atoms with Gasteiger partial charge in [-0.3, -0.25) is 0 Å². The highest BCUT2D eigenvalue weighted by molar-refractivity contribution is 4.76. The van der Waals surface area contributed by atoms with Gasteiger partial charge in [0.25, 0.3) is 5.82 Å². The zero-order valence-electron chi connectivity index (χ0n) is 11.5. The molecular formula is C13H27N3+2. The molecule has 1 rings (SSSR count). The SMILES string of the molecule is Cc1n(C)cc[n+]1CCCCC[N+](C)(C)C. The third kappa shape index (κ3) is 4.35. The van der Waals surface area contributed by atoms with E-state index in [9.17, 15) is 0 Å². The fourth-order valence-electron chi connectivity index (χ4n) is 1.88. The molecule has 0 aromatic carbocycles. The van der Waals surface area contributed by atoms with Crippen molar-refractivity contribution in [1.82, 2.24) is 4.57 Å². The van der Waals surface area contributed by atoms with E-state index in [1.165, 1.54) is 31.6 Å². The zero-order valence-corrected chi connectivity index (χ0v) is 11.5. The molecule has 0 aliphatic rings. The second-order valence-corrected chi connectivity index (χ2v) is 5.72. The van der Waals surface area contributed by atoms with E-state index in [1.54, 1.807) is 0 Å². The largest absolute Gasteiger partial charge is 0.331 e. The predicted octanol–water partition coefficient (Wildman–Crippen LogP) is 1.50. The fraction of sp³-hybridized carbons (Fsp3) is 0.769. The van der Waals surface area contributed by atoms with Gasteiger partial charge in [-0.1, -0.05) is 0 Å². The summed E-state index contributed by atoms with van der Waals surface area (Å²) in [5, 5.41) is 0. The summed E-state index contributed by atoms with van der Waals surface area (Å²) in [4.78, 5) is 0. The maximum Gasteiger partial charge on any atom is 0.253 e. The molecule has 0 spiro atoms. The number of hydrogen-bond donors (Lipinski definition) is 0. The average molecular weight is 225 g/mol. The monoisotopic (exact) mass is 225 g/mol. The van der Waals surface area contributed by atoms with Crippen LogP contribution in [0.1, 0.15) is 25.1 Å². The van der Waals surface area contributed by atoms with Gasteiger partial charge in [-0.2, -0.15) is 0 Å². The minimum Gasteiger partial charge on any atom is -0.331 e. The van der Waals surface area contributed by atoms with Crippen molar-refractivity contribution in [1.29, 1.82) is 0 Å². The van der Waals surface area contributed by atoms with Crippen molar-refractivity contribution in [3.05, 3.63) is 18.2 Å². The summed E-state index contributed by atoms with van der Waals surface area (Å²) in [7, 11) is 8.88. The Morgan fingerprint density at radius 2 is 1.88 bits per heavy atom. The van der Waals surface area contributed by atoms with Gasteiger partial charge in [0.15, 0.2) is 0 Å². The van der Waals surface area contributed by atoms with Crippen molar-refractivity contribution >= 4 is 0 Å². The van der Waals surface area contributed by atoms with Crippen LogP contribution in [0.4, 0.5) is 0 Å². The topological polar surface area (TPSA) is 8.81 Å². The van der Waals surface area contributed by atoms with Crippen LogP contribution < -0.4 is 4.57 Å². The van der Waals surface area contributed by atoms with Gasteiger partial charge in [-0.05, 0) is 19.3 Å². The summed E-state index contributed by atoms with van der Waals surface area (Å²) in [5.74, 6) is 1.34. The van der Waals surface area contributed by atoms with Crippen LogP contribution >= 0.6 is 0 Å². The molecule has 0 unspecified atom stereocenters. The summed E-state index contributed by atoms with van der Waals surface area (Å²) in [6.45, 7) is 4.61. The van der Waals surface area contributed by atoms with Crippen molar-refractivity contribution in [2.45, 2.75) is 32.7 Å². The molecule has 1 aromatic rings. The smallest absolute Gasteiger partial charge is 0.253 e. The molecule has 1 heterocycles. The maximum atomic E-state index is 2.34. The van der Waals surface area contributed by atoms with Crippen LogP contribution in [0.2, 0.25) is 0 Å². The number of aryl methyl sites for hydroxylation is 2. The Morgan fingerprint density at radius 3 is 2.38 bits per heavy atom. The molecule has 0 saturated carbocycles. The van der Waals surface area contributed by atoms with Gasteiger partial charge in [0.1, 0.15) is 12.4 Å². The lowest BCUT2D eigenvalue weighted by atomic mass is 10.2. The number of aromatic nitrogens is 2. The van der Waals surface area contributed by atoms with Crippen LogP contribution in [-0.4, -0.2) is 36.7 Å². The summed E-state index contributed by atoms with van der Waals surface area (Å²) in [6, 6.07) is 0. The first-order valence-electron chi connectivity index (χ1n) is 6.22. The van der Waals surface area contributed by atoms with E-state index < -0.39 is 0 Å². The predicted molar refractivity (Wildman–Crippen MR) is 67.1 cm³/mol. The lowest BCUT2D eigenvalue weighted by Crippen LogP contribution is -2.36. The van der Waals surface area contributed by atoms with Crippen LogP contribution in [0.5, 0.6) is 0 Å². The van der Waals surface area contributed by atoms with E-state index in [0.717, 1.165) is 11.0 Å². The Morgan fingerprint density at radius 1 is 1.19 bits per heavy atom. The van der Waals surface area contributed by atoms with Crippen molar-refractivity contribution < 1.29 is 9.05 Å². The molecule has 0 fully saturated rings. The van der Waals surface area contributed by atoms with Gasteiger partial charge < -0.3 is 4.48 Å². The standard InChI is InChI=1S/C13H27N3/c1-13-14(2)10-11-15(13)9-7-6-8-12-16(3,4)5/h10-11H,6-9,12H2,1-5H3/q+2. The Kier molecular flexibility index (Phi) is 4.54. The molecule has 0 atom stereocenters. The Balaban J connectivity index is 2.19. The number of nitrogens with zero attached hydrogens (tertiary/aromatic N) is 3. The maximum absolute atomic E-state index is 2.34. The zero-order chi connectivity index (χ0) is 12.2. The lowest BCUT2D eigenvalue weighted by molar-refractivity contribution is -0.870. The van der Waals surface area contributed by atoms with Crippen molar-refractivity contribution in [3.8, 4) is 0 Å². The molecule has 0 amide bonds. The highest BCUT2D eigenvalue weighted by Crippen LogP contribution is 2.01. The highest BCUT2D eigenvalue weighted by atomic mass is 15.3. The van der Waals surface area contributed by atoms with Crippen LogP contribution in [0, 0.1) is 6.92 Å². The van der Waals surface area contributed by atoms with Crippen LogP contribution in [0.25, 0.3) is 0 Å². The molecule has 16 heavy (non-hydrogen) atoms. The first-order chi connectivity index (χ1) is 7.40.